The van der Waals surface area contributed by atoms with E-state index in [4.69, 9.17) is 23.8 Å². The summed E-state index contributed by atoms with van der Waals surface area (Å²) in [5.41, 5.74) is 7.55. The van der Waals surface area contributed by atoms with Gasteiger partial charge in [-0.2, -0.15) is 0 Å². The van der Waals surface area contributed by atoms with Gasteiger partial charge < -0.3 is 5.32 Å². The molecule has 0 unspecified atom stereocenters. The number of halogens is 1. The van der Waals surface area contributed by atoms with Crippen LogP contribution in [0.1, 0.15) is 11.1 Å². The summed E-state index contributed by atoms with van der Waals surface area (Å²) < 4.78 is 0. The Morgan fingerprint density at radius 2 is 1.76 bits per heavy atom. The second-order valence-electron chi connectivity index (χ2n) is 5.25. The minimum absolute atomic E-state index is 0.135. The zero-order valence-electron chi connectivity index (χ0n) is 13.6. The number of rotatable bonds is 7. The predicted octanol–water partition coefficient (Wildman–Crippen LogP) is 3.31. The monoisotopic (exact) mass is 393 g/mol. The molecule has 4 nitrogen and oxygen atoms in total. The summed E-state index contributed by atoms with van der Waals surface area (Å²) in [5.74, 6) is 0.877. The highest BCUT2D eigenvalue weighted by Crippen LogP contribution is 2.20. The van der Waals surface area contributed by atoms with Crippen LogP contribution >= 0.6 is 35.6 Å². The van der Waals surface area contributed by atoms with Crippen LogP contribution in [0.15, 0.2) is 54.6 Å². The van der Waals surface area contributed by atoms with E-state index in [1.54, 1.807) is 0 Å². The maximum Gasteiger partial charge on any atom is 0.248 e. The lowest BCUT2D eigenvalue weighted by atomic mass is 10.1. The molecule has 0 heterocycles. The highest BCUT2D eigenvalue weighted by atomic mass is 35.5. The molecule has 2 aromatic rings. The number of benzene rings is 2. The number of nitrogens with one attached hydrogen (secondary N) is 3. The van der Waals surface area contributed by atoms with Gasteiger partial charge in [0.15, 0.2) is 5.11 Å². The zero-order chi connectivity index (χ0) is 17.9. The molecule has 0 saturated heterocycles. The fourth-order valence-electron chi connectivity index (χ4n) is 2.04. The van der Waals surface area contributed by atoms with Gasteiger partial charge in [0, 0.05) is 17.3 Å². The van der Waals surface area contributed by atoms with Crippen molar-refractivity contribution in [2.75, 3.05) is 12.3 Å². The maximum absolute atomic E-state index is 11.8. The summed E-state index contributed by atoms with van der Waals surface area (Å²) in [6.45, 7) is 0.701. The van der Waals surface area contributed by atoms with Gasteiger partial charge in [-0.05, 0) is 35.8 Å². The predicted molar refractivity (Wildman–Crippen MR) is 110 cm³/mol. The molecule has 0 spiro atoms. The molecule has 2 rings (SSSR count). The van der Waals surface area contributed by atoms with E-state index in [9.17, 15) is 4.79 Å². The molecule has 3 N–H and O–H groups in total. The van der Waals surface area contributed by atoms with Crippen molar-refractivity contribution in [2.24, 2.45) is 0 Å². The van der Waals surface area contributed by atoms with Crippen molar-refractivity contribution in [1.82, 2.24) is 16.2 Å². The molecule has 0 aromatic heterocycles. The molecule has 7 heteroatoms. The first-order valence-electron chi connectivity index (χ1n) is 7.83. The third kappa shape index (κ3) is 7.77. The molecule has 0 aliphatic rings. The van der Waals surface area contributed by atoms with Crippen LogP contribution in [0.4, 0.5) is 0 Å². The third-order valence-electron chi connectivity index (χ3n) is 3.31. The number of thioether (sulfide) groups is 1. The summed E-state index contributed by atoms with van der Waals surface area (Å²) in [7, 11) is 0. The molecule has 1 amide bonds. The van der Waals surface area contributed by atoms with Crippen LogP contribution in [0.3, 0.4) is 0 Å². The van der Waals surface area contributed by atoms with Crippen LogP contribution < -0.4 is 16.2 Å². The Bertz CT molecular complexity index is 698. The van der Waals surface area contributed by atoms with E-state index < -0.39 is 0 Å². The first kappa shape index (κ1) is 19.6. The van der Waals surface area contributed by atoms with E-state index in [2.05, 4.69) is 28.3 Å². The topological polar surface area (TPSA) is 53.2 Å². The zero-order valence-corrected chi connectivity index (χ0v) is 16.0. The van der Waals surface area contributed by atoms with Gasteiger partial charge in [0.05, 0.1) is 5.75 Å². The molecule has 0 atom stereocenters. The van der Waals surface area contributed by atoms with Gasteiger partial charge in [0.2, 0.25) is 5.91 Å². The van der Waals surface area contributed by atoms with Crippen molar-refractivity contribution in [3.63, 3.8) is 0 Å². The average molecular weight is 394 g/mol. The Balaban J connectivity index is 1.56. The van der Waals surface area contributed by atoms with Crippen LogP contribution in [-0.2, 0) is 17.0 Å². The van der Waals surface area contributed by atoms with Gasteiger partial charge in [-0.1, -0.05) is 60.1 Å². The van der Waals surface area contributed by atoms with Gasteiger partial charge in [0.25, 0.3) is 0 Å². The smallest absolute Gasteiger partial charge is 0.248 e. The van der Waals surface area contributed by atoms with Gasteiger partial charge >= 0.3 is 0 Å². The standard InChI is InChI=1S/C18H20ClN3OS2/c19-16-9-5-4-8-15(16)12-25-13-17(23)21-22-18(24)20-11-10-14-6-2-1-3-7-14/h1-9H,10-13H2,(H,21,23)(H2,20,22,24). The second kappa shape index (κ2) is 11.0. The van der Waals surface area contributed by atoms with E-state index >= 15 is 0 Å². The minimum Gasteiger partial charge on any atom is -0.361 e. The molecule has 132 valence electrons. The molecular formula is C18H20ClN3OS2. The average Bonchev–Trinajstić information content (AvgIpc) is 2.62. The molecule has 0 saturated carbocycles. The highest BCUT2D eigenvalue weighted by Gasteiger charge is 2.04. The summed E-state index contributed by atoms with van der Waals surface area (Å²) >= 11 is 12.7. The number of hydrogen-bond donors (Lipinski definition) is 3. The van der Waals surface area contributed by atoms with Crippen molar-refractivity contribution < 1.29 is 4.79 Å². The second-order valence-corrected chi connectivity index (χ2v) is 7.05. The summed E-state index contributed by atoms with van der Waals surface area (Å²) in [6.07, 6.45) is 0.865. The third-order valence-corrected chi connectivity index (χ3v) is 4.90. The number of hydrazine groups is 1. The highest BCUT2D eigenvalue weighted by molar-refractivity contribution is 7.99. The van der Waals surface area contributed by atoms with Crippen molar-refractivity contribution >= 4 is 46.6 Å². The van der Waals surface area contributed by atoms with E-state index in [0.717, 1.165) is 17.0 Å². The van der Waals surface area contributed by atoms with Gasteiger partial charge in [0.1, 0.15) is 0 Å². The molecular weight excluding hydrogens is 374 g/mol. The molecule has 0 fully saturated rings. The lowest BCUT2D eigenvalue weighted by molar-refractivity contribution is -0.119. The molecule has 0 aliphatic heterocycles. The number of thiocarbonyl (C=S) groups is 1. The van der Waals surface area contributed by atoms with E-state index in [1.807, 2.05) is 42.5 Å². The van der Waals surface area contributed by atoms with E-state index in [-0.39, 0.29) is 5.91 Å². The fraction of sp³-hybridized carbons (Fsp3) is 0.222. The summed E-state index contributed by atoms with van der Waals surface area (Å²) in [6, 6.07) is 17.8. The van der Waals surface area contributed by atoms with Crippen LogP contribution in [0.25, 0.3) is 0 Å². The molecule has 0 radical (unpaired) electrons. The Kier molecular flexibility index (Phi) is 8.59. The fourth-order valence-corrected chi connectivity index (χ4v) is 3.31. The lowest BCUT2D eigenvalue weighted by Crippen LogP contribution is -2.47. The summed E-state index contributed by atoms with van der Waals surface area (Å²) in [4.78, 5) is 11.8. The van der Waals surface area contributed by atoms with Crippen molar-refractivity contribution in [1.29, 1.82) is 0 Å². The normalized spacial score (nSPS) is 10.1. The Labute approximate surface area is 162 Å². The number of hydrogen-bond acceptors (Lipinski definition) is 3. The molecule has 0 aliphatic carbocycles. The van der Waals surface area contributed by atoms with Crippen LogP contribution in [-0.4, -0.2) is 23.3 Å². The first-order valence-corrected chi connectivity index (χ1v) is 9.77. The van der Waals surface area contributed by atoms with E-state index in [0.29, 0.717) is 23.2 Å². The van der Waals surface area contributed by atoms with Crippen molar-refractivity contribution in [3.8, 4) is 0 Å². The molecule has 25 heavy (non-hydrogen) atoms. The number of carbonyl (C=O) groups excluding carboxylic acids is 1. The number of carbonyl (C=O) groups is 1. The van der Waals surface area contributed by atoms with Crippen molar-refractivity contribution in [3.05, 3.63) is 70.7 Å². The van der Waals surface area contributed by atoms with Gasteiger partial charge in [-0.15, -0.1) is 11.8 Å². The Morgan fingerprint density at radius 1 is 1.04 bits per heavy atom. The number of amides is 1. The quantitative estimate of drug-likeness (QED) is 0.497. The first-order chi connectivity index (χ1) is 12.1. The minimum atomic E-state index is -0.135. The van der Waals surface area contributed by atoms with Gasteiger partial charge in [-0.3, -0.25) is 15.6 Å². The Morgan fingerprint density at radius 3 is 2.52 bits per heavy atom. The lowest BCUT2D eigenvalue weighted by Gasteiger charge is -2.11. The van der Waals surface area contributed by atoms with E-state index in [1.165, 1.54) is 17.3 Å². The largest absolute Gasteiger partial charge is 0.361 e. The van der Waals surface area contributed by atoms with Gasteiger partial charge in [-0.25, -0.2) is 0 Å². The summed E-state index contributed by atoms with van der Waals surface area (Å²) in [5, 5.41) is 4.18. The van der Waals surface area contributed by atoms with Crippen LogP contribution in [0.5, 0.6) is 0 Å². The molecule has 0 bridgehead atoms. The molecule has 2 aromatic carbocycles. The maximum atomic E-state index is 11.8. The Hall–Kier alpha value is -1.76. The van der Waals surface area contributed by atoms with Crippen LogP contribution in [0, 0.1) is 0 Å². The van der Waals surface area contributed by atoms with Crippen molar-refractivity contribution in [2.45, 2.75) is 12.2 Å². The SMILES string of the molecule is O=C(CSCc1ccccc1Cl)NNC(=S)NCCc1ccccc1. The van der Waals surface area contributed by atoms with Crippen LogP contribution in [0.2, 0.25) is 5.02 Å².